The minimum absolute atomic E-state index is 0.00651. The number of hydrogen-bond acceptors (Lipinski definition) is 4. The molecule has 6 heteroatoms. The van der Waals surface area contributed by atoms with Crippen molar-refractivity contribution in [1.82, 2.24) is 10.3 Å². The molecule has 1 saturated carbocycles. The van der Waals surface area contributed by atoms with Crippen LogP contribution in [0.15, 0.2) is 18.3 Å². The second kappa shape index (κ2) is 5.48. The first-order chi connectivity index (χ1) is 8.65. The first-order valence-electron chi connectivity index (χ1n) is 5.88. The number of amides is 1. The fourth-order valence-corrected chi connectivity index (χ4v) is 1.47. The normalized spacial score (nSPS) is 14.0. The van der Waals surface area contributed by atoms with Gasteiger partial charge in [-0.2, -0.15) is 0 Å². The smallest absolute Gasteiger partial charge is 0.354 e. The van der Waals surface area contributed by atoms with E-state index in [9.17, 15) is 9.59 Å². The van der Waals surface area contributed by atoms with E-state index in [1.54, 1.807) is 6.07 Å². The van der Waals surface area contributed by atoms with Crippen LogP contribution in [0.3, 0.4) is 0 Å². The largest absolute Gasteiger partial charge is 0.477 e. The summed E-state index contributed by atoms with van der Waals surface area (Å²) < 4.78 is 0. The van der Waals surface area contributed by atoms with Crippen molar-refractivity contribution in [2.75, 3.05) is 11.9 Å². The van der Waals surface area contributed by atoms with Crippen molar-refractivity contribution in [3.63, 3.8) is 0 Å². The van der Waals surface area contributed by atoms with Gasteiger partial charge in [0.05, 0.1) is 11.9 Å². The van der Waals surface area contributed by atoms with E-state index in [-0.39, 0.29) is 11.6 Å². The minimum atomic E-state index is -1.05. The van der Waals surface area contributed by atoms with E-state index in [1.807, 2.05) is 0 Å². The Morgan fingerprint density at radius 2 is 2.17 bits per heavy atom. The Balaban J connectivity index is 1.72. The maximum Gasteiger partial charge on any atom is 0.354 e. The average molecular weight is 249 g/mol. The molecule has 96 valence electrons. The fourth-order valence-electron chi connectivity index (χ4n) is 1.47. The highest BCUT2D eigenvalue weighted by molar-refractivity contribution is 5.85. The van der Waals surface area contributed by atoms with Crippen LogP contribution >= 0.6 is 0 Å². The molecule has 1 fully saturated rings. The predicted molar refractivity (Wildman–Crippen MR) is 65.5 cm³/mol. The van der Waals surface area contributed by atoms with E-state index in [2.05, 4.69) is 15.6 Å². The van der Waals surface area contributed by atoms with Gasteiger partial charge in [-0.05, 0) is 25.0 Å². The number of anilines is 1. The third-order valence-corrected chi connectivity index (χ3v) is 2.61. The molecule has 0 saturated heterocycles. The molecule has 1 aromatic rings. The van der Waals surface area contributed by atoms with E-state index in [0.717, 1.165) is 12.8 Å². The van der Waals surface area contributed by atoms with Gasteiger partial charge in [-0.15, -0.1) is 0 Å². The number of carboxylic acids is 1. The SMILES string of the molecule is O=C(CCNc1ccc(C(=O)O)nc1)NC1CC1. The Kier molecular flexibility index (Phi) is 3.76. The number of hydrogen-bond donors (Lipinski definition) is 3. The van der Waals surface area contributed by atoms with Crippen molar-refractivity contribution in [1.29, 1.82) is 0 Å². The fraction of sp³-hybridized carbons (Fsp3) is 0.417. The highest BCUT2D eigenvalue weighted by Gasteiger charge is 2.22. The van der Waals surface area contributed by atoms with E-state index in [0.29, 0.717) is 24.7 Å². The van der Waals surface area contributed by atoms with Crippen LogP contribution < -0.4 is 10.6 Å². The lowest BCUT2D eigenvalue weighted by molar-refractivity contribution is -0.120. The monoisotopic (exact) mass is 249 g/mol. The molecule has 2 rings (SSSR count). The number of nitrogens with one attached hydrogen (secondary N) is 2. The molecular weight excluding hydrogens is 234 g/mol. The van der Waals surface area contributed by atoms with E-state index < -0.39 is 5.97 Å². The first-order valence-corrected chi connectivity index (χ1v) is 5.88. The molecule has 18 heavy (non-hydrogen) atoms. The van der Waals surface area contributed by atoms with Crippen LogP contribution in [0.1, 0.15) is 29.8 Å². The minimum Gasteiger partial charge on any atom is -0.477 e. The van der Waals surface area contributed by atoms with Crippen LogP contribution in [-0.2, 0) is 4.79 Å². The molecule has 0 aliphatic heterocycles. The number of aromatic nitrogens is 1. The van der Waals surface area contributed by atoms with Crippen molar-refractivity contribution in [3.8, 4) is 0 Å². The summed E-state index contributed by atoms with van der Waals surface area (Å²) >= 11 is 0. The molecule has 0 atom stereocenters. The summed E-state index contributed by atoms with van der Waals surface area (Å²) in [5.74, 6) is -1.01. The van der Waals surface area contributed by atoms with Gasteiger partial charge in [0.25, 0.3) is 0 Å². The van der Waals surface area contributed by atoms with Gasteiger partial charge in [0, 0.05) is 19.0 Å². The van der Waals surface area contributed by atoms with E-state index in [4.69, 9.17) is 5.11 Å². The first kappa shape index (κ1) is 12.3. The van der Waals surface area contributed by atoms with Gasteiger partial charge in [0.15, 0.2) is 0 Å². The van der Waals surface area contributed by atoms with Crippen LogP contribution in [0.2, 0.25) is 0 Å². The summed E-state index contributed by atoms with van der Waals surface area (Å²) in [7, 11) is 0. The number of aromatic carboxylic acids is 1. The average Bonchev–Trinajstić information content (AvgIpc) is 3.13. The number of carbonyl (C=O) groups is 2. The predicted octanol–water partition coefficient (Wildman–Crippen LogP) is 0.860. The summed E-state index contributed by atoms with van der Waals surface area (Å²) in [5.41, 5.74) is 0.714. The van der Waals surface area contributed by atoms with Crippen LogP contribution in [0, 0.1) is 0 Å². The number of pyridine rings is 1. The van der Waals surface area contributed by atoms with Gasteiger partial charge < -0.3 is 15.7 Å². The highest BCUT2D eigenvalue weighted by atomic mass is 16.4. The summed E-state index contributed by atoms with van der Waals surface area (Å²) in [5, 5.41) is 14.6. The Labute approximate surface area is 104 Å². The van der Waals surface area contributed by atoms with E-state index in [1.165, 1.54) is 12.3 Å². The molecule has 0 aromatic carbocycles. The number of carboxylic acid groups (broad SMARTS) is 1. The van der Waals surface area contributed by atoms with Gasteiger partial charge in [-0.1, -0.05) is 0 Å². The van der Waals surface area contributed by atoms with Gasteiger partial charge in [-0.25, -0.2) is 9.78 Å². The zero-order valence-corrected chi connectivity index (χ0v) is 9.85. The lowest BCUT2D eigenvalue weighted by Crippen LogP contribution is -2.27. The molecule has 0 spiro atoms. The molecule has 1 heterocycles. The molecule has 1 aromatic heterocycles. The van der Waals surface area contributed by atoms with Gasteiger partial charge >= 0.3 is 5.97 Å². The topological polar surface area (TPSA) is 91.3 Å². The molecule has 3 N–H and O–H groups in total. The molecule has 0 radical (unpaired) electrons. The zero-order valence-electron chi connectivity index (χ0n) is 9.85. The second-order valence-electron chi connectivity index (χ2n) is 4.26. The zero-order chi connectivity index (χ0) is 13.0. The van der Waals surface area contributed by atoms with Crippen LogP contribution in [0.4, 0.5) is 5.69 Å². The van der Waals surface area contributed by atoms with Crippen molar-refractivity contribution in [2.45, 2.75) is 25.3 Å². The van der Waals surface area contributed by atoms with Gasteiger partial charge in [0.2, 0.25) is 5.91 Å². The highest BCUT2D eigenvalue weighted by Crippen LogP contribution is 2.18. The third-order valence-electron chi connectivity index (χ3n) is 2.61. The standard InChI is InChI=1S/C12H15N3O3/c16-11(15-8-1-2-8)5-6-13-9-3-4-10(12(17)18)14-7-9/h3-4,7-8,13H,1-2,5-6H2,(H,15,16)(H,17,18). The lowest BCUT2D eigenvalue weighted by Gasteiger charge is -2.06. The van der Waals surface area contributed by atoms with Gasteiger partial charge in [0.1, 0.15) is 5.69 Å². The van der Waals surface area contributed by atoms with Gasteiger partial charge in [-0.3, -0.25) is 4.79 Å². The third kappa shape index (κ3) is 3.73. The molecular formula is C12H15N3O3. The summed E-state index contributed by atoms with van der Waals surface area (Å²) in [6.45, 7) is 0.507. The number of carbonyl (C=O) groups excluding carboxylic acids is 1. The maximum absolute atomic E-state index is 11.4. The Hall–Kier alpha value is -2.11. The van der Waals surface area contributed by atoms with Crippen LogP contribution in [0.25, 0.3) is 0 Å². The van der Waals surface area contributed by atoms with Crippen LogP contribution in [-0.4, -0.2) is 34.6 Å². The van der Waals surface area contributed by atoms with Crippen molar-refractivity contribution < 1.29 is 14.7 Å². The molecule has 6 nitrogen and oxygen atoms in total. The number of nitrogens with zero attached hydrogens (tertiary/aromatic N) is 1. The Morgan fingerprint density at radius 1 is 1.39 bits per heavy atom. The Morgan fingerprint density at radius 3 is 2.72 bits per heavy atom. The van der Waals surface area contributed by atoms with Crippen molar-refractivity contribution in [3.05, 3.63) is 24.0 Å². The molecule has 1 aliphatic rings. The van der Waals surface area contributed by atoms with Crippen molar-refractivity contribution in [2.24, 2.45) is 0 Å². The quantitative estimate of drug-likeness (QED) is 0.695. The summed E-state index contributed by atoms with van der Waals surface area (Å²) in [6, 6.07) is 3.44. The lowest BCUT2D eigenvalue weighted by atomic mass is 10.3. The molecule has 1 aliphatic carbocycles. The van der Waals surface area contributed by atoms with Crippen LogP contribution in [0.5, 0.6) is 0 Å². The summed E-state index contributed by atoms with van der Waals surface area (Å²) in [6.07, 6.45) is 4.01. The summed E-state index contributed by atoms with van der Waals surface area (Å²) in [4.78, 5) is 25.7. The number of rotatable bonds is 6. The van der Waals surface area contributed by atoms with E-state index >= 15 is 0 Å². The molecule has 0 unspecified atom stereocenters. The maximum atomic E-state index is 11.4. The van der Waals surface area contributed by atoms with Crippen molar-refractivity contribution >= 4 is 17.6 Å². The second-order valence-corrected chi connectivity index (χ2v) is 4.26. The molecule has 1 amide bonds. The molecule has 0 bridgehead atoms. The Bertz CT molecular complexity index is 440.